The normalized spacial score (nSPS) is 13.2. The van der Waals surface area contributed by atoms with Gasteiger partial charge in [-0.05, 0) is 44.7 Å². The van der Waals surface area contributed by atoms with Crippen LogP contribution in [0.4, 0.5) is 0 Å². The summed E-state index contributed by atoms with van der Waals surface area (Å²) >= 11 is 0. The lowest BCUT2D eigenvalue weighted by molar-refractivity contribution is -0.122. The predicted molar refractivity (Wildman–Crippen MR) is 75.3 cm³/mol. The molecule has 1 aromatic rings. The molecule has 3 nitrogen and oxygen atoms in total. The quantitative estimate of drug-likeness (QED) is 0.789. The molecule has 0 spiro atoms. The van der Waals surface area contributed by atoms with Crippen molar-refractivity contribution in [3.05, 3.63) is 30.3 Å². The molecule has 0 N–H and O–H groups in total. The molecule has 0 atom stereocenters. The maximum Gasteiger partial charge on any atom is 0.130 e. The van der Waals surface area contributed by atoms with E-state index in [0.29, 0.717) is 12.8 Å². The van der Waals surface area contributed by atoms with Gasteiger partial charge in [0, 0.05) is 12.8 Å². The molecule has 3 heteroatoms. The molecule has 0 bridgehead atoms. The van der Waals surface area contributed by atoms with Crippen molar-refractivity contribution in [1.29, 1.82) is 0 Å². The fourth-order valence-electron chi connectivity index (χ4n) is 1.37. The van der Waals surface area contributed by atoms with Crippen molar-refractivity contribution in [2.75, 3.05) is 6.61 Å². The molecular weight excluding hydrogens is 240 g/mol. The Bertz CT molecular complexity index is 380. The Morgan fingerprint density at radius 1 is 1.05 bits per heavy atom. The largest absolute Gasteiger partial charge is 0.493 e. The fourth-order valence-corrected chi connectivity index (χ4v) is 1.37. The highest BCUT2D eigenvalue weighted by Crippen LogP contribution is 2.29. The lowest BCUT2D eigenvalue weighted by atomic mass is 10.2. The van der Waals surface area contributed by atoms with Crippen molar-refractivity contribution in [2.45, 2.75) is 39.5 Å². The number of hydrogen-bond donors (Lipinski definition) is 0. The molecular formula is C16H22O3. The number of benzene rings is 1. The molecule has 19 heavy (non-hydrogen) atoms. The summed E-state index contributed by atoms with van der Waals surface area (Å²) in [5.41, 5.74) is 0. The maximum atomic E-state index is 10.2. The van der Waals surface area contributed by atoms with Crippen LogP contribution in [0.5, 0.6) is 5.75 Å². The molecule has 1 fully saturated rings. The number of para-hydroxylation sites is 1. The van der Waals surface area contributed by atoms with Crippen molar-refractivity contribution in [3.63, 3.8) is 0 Å². The van der Waals surface area contributed by atoms with Crippen molar-refractivity contribution < 1.29 is 14.3 Å². The molecule has 0 heterocycles. The third-order valence-corrected chi connectivity index (χ3v) is 2.75. The Balaban J connectivity index is 0.000000203. The first-order chi connectivity index (χ1) is 9.08. The van der Waals surface area contributed by atoms with E-state index in [1.165, 1.54) is 26.7 Å². The summed E-state index contributed by atoms with van der Waals surface area (Å²) < 4.78 is 5.53. The first-order valence-corrected chi connectivity index (χ1v) is 6.74. The van der Waals surface area contributed by atoms with Crippen LogP contribution in [-0.4, -0.2) is 18.2 Å². The van der Waals surface area contributed by atoms with Gasteiger partial charge in [0.25, 0.3) is 0 Å². The monoisotopic (exact) mass is 262 g/mol. The number of Topliss-reactive ketones (excluding diaryl/α,β-unsaturated/α-hetero) is 2. The number of carbonyl (C=O) groups excluding carboxylic acids is 2. The number of ether oxygens (including phenoxy) is 1. The van der Waals surface area contributed by atoms with E-state index >= 15 is 0 Å². The Hall–Kier alpha value is -1.64. The second kappa shape index (κ2) is 8.46. The molecule has 1 saturated carbocycles. The van der Waals surface area contributed by atoms with Gasteiger partial charge in [-0.25, -0.2) is 0 Å². The Kier molecular flexibility index (Phi) is 6.86. The van der Waals surface area contributed by atoms with Gasteiger partial charge in [0.15, 0.2) is 0 Å². The van der Waals surface area contributed by atoms with Gasteiger partial charge in [-0.2, -0.15) is 0 Å². The lowest BCUT2D eigenvalue weighted by Crippen LogP contribution is -1.97. The summed E-state index contributed by atoms with van der Waals surface area (Å²) in [5, 5.41) is 0. The summed E-state index contributed by atoms with van der Waals surface area (Å²) in [5.74, 6) is 2.01. The van der Waals surface area contributed by atoms with E-state index in [4.69, 9.17) is 4.74 Å². The van der Waals surface area contributed by atoms with Gasteiger partial charge in [-0.1, -0.05) is 18.2 Å². The molecule has 0 saturated heterocycles. The Labute approximate surface area is 115 Å². The van der Waals surface area contributed by atoms with E-state index in [2.05, 4.69) is 0 Å². The summed E-state index contributed by atoms with van der Waals surface area (Å²) in [6.45, 7) is 3.88. The van der Waals surface area contributed by atoms with Crippen LogP contribution in [0.2, 0.25) is 0 Å². The van der Waals surface area contributed by atoms with Gasteiger partial charge in [0.05, 0.1) is 6.61 Å². The van der Waals surface area contributed by atoms with Crippen LogP contribution in [0.15, 0.2) is 30.3 Å². The molecule has 2 rings (SSSR count). The summed E-state index contributed by atoms with van der Waals surface area (Å²) in [6.07, 6.45) is 3.50. The lowest BCUT2D eigenvalue weighted by Gasteiger charge is -2.02. The zero-order valence-corrected chi connectivity index (χ0v) is 11.7. The molecule has 1 aliphatic rings. The molecule has 1 aliphatic carbocycles. The van der Waals surface area contributed by atoms with Gasteiger partial charge in [0.1, 0.15) is 17.3 Å². The third-order valence-electron chi connectivity index (χ3n) is 2.75. The van der Waals surface area contributed by atoms with E-state index in [1.807, 2.05) is 30.3 Å². The van der Waals surface area contributed by atoms with E-state index < -0.39 is 0 Å². The minimum atomic E-state index is 0.0835. The minimum Gasteiger partial charge on any atom is -0.493 e. The van der Waals surface area contributed by atoms with E-state index in [0.717, 1.165) is 18.3 Å². The van der Waals surface area contributed by atoms with Crippen molar-refractivity contribution in [1.82, 2.24) is 0 Å². The number of ketones is 2. The highest BCUT2D eigenvalue weighted by atomic mass is 16.5. The number of hydrogen-bond acceptors (Lipinski definition) is 3. The zero-order chi connectivity index (χ0) is 14.1. The average molecular weight is 262 g/mol. The van der Waals surface area contributed by atoms with Crippen molar-refractivity contribution >= 4 is 11.6 Å². The summed E-state index contributed by atoms with van der Waals surface area (Å²) in [6, 6.07) is 10.0. The van der Waals surface area contributed by atoms with Crippen molar-refractivity contribution in [3.8, 4) is 5.75 Å². The summed E-state index contributed by atoms with van der Waals surface area (Å²) in [4.78, 5) is 20.4. The van der Waals surface area contributed by atoms with Gasteiger partial charge in [-0.15, -0.1) is 0 Å². The van der Waals surface area contributed by atoms with Gasteiger partial charge < -0.3 is 14.3 Å². The van der Waals surface area contributed by atoms with Crippen LogP contribution in [-0.2, 0) is 9.59 Å². The van der Waals surface area contributed by atoms with Crippen LogP contribution < -0.4 is 4.74 Å². The van der Waals surface area contributed by atoms with E-state index in [-0.39, 0.29) is 11.6 Å². The molecule has 0 aliphatic heterocycles. The molecule has 0 radical (unpaired) electrons. The summed E-state index contributed by atoms with van der Waals surface area (Å²) in [7, 11) is 0. The highest BCUT2D eigenvalue weighted by molar-refractivity contribution is 5.83. The second-order valence-electron chi connectivity index (χ2n) is 4.97. The second-order valence-corrected chi connectivity index (χ2v) is 4.97. The predicted octanol–water partition coefficient (Wildman–Crippen LogP) is 3.42. The van der Waals surface area contributed by atoms with E-state index in [9.17, 15) is 9.59 Å². The van der Waals surface area contributed by atoms with Gasteiger partial charge in [0.2, 0.25) is 0 Å². The van der Waals surface area contributed by atoms with Gasteiger partial charge in [-0.3, -0.25) is 0 Å². The van der Waals surface area contributed by atoms with Crippen molar-refractivity contribution in [2.24, 2.45) is 5.92 Å². The SMILES string of the molecule is CC(=O)CCC(C)=O.c1ccc(OCC2CC2)cc1. The van der Waals surface area contributed by atoms with Crippen LogP contribution >= 0.6 is 0 Å². The Morgan fingerprint density at radius 2 is 1.58 bits per heavy atom. The average Bonchev–Trinajstić information content (AvgIpc) is 3.20. The third kappa shape index (κ3) is 9.00. The molecule has 104 valence electrons. The van der Waals surface area contributed by atoms with Crippen LogP contribution in [0.1, 0.15) is 39.5 Å². The standard InChI is InChI=1S/C10H12O.C6H10O2/c1-2-4-10(5-3-1)11-8-9-6-7-9;1-5(7)3-4-6(2)8/h1-5,9H,6-8H2;3-4H2,1-2H3. The highest BCUT2D eigenvalue weighted by Gasteiger charge is 2.21. The smallest absolute Gasteiger partial charge is 0.130 e. The maximum absolute atomic E-state index is 10.2. The molecule has 0 aromatic heterocycles. The zero-order valence-electron chi connectivity index (χ0n) is 11.7. The fraction of sp³-hybridized carbons (Fsp3) is 0.500. The number of carbonyl (C=O) groups is 2. The van der Waals surface area contributed by atoms with Crippen LogP contribution in [0.25, 0.3) is 0 Å². The molecule has 0 amide bonds. The molecule has 0 unspecified atom stereocenters. The first-order valence-electron chi connectivity index (χ1n) is 6.74. The first kappa shape index (κ1) is 15.4. The van der Waals surface area contributed by atoms with E-state index in [1.54, 1.807) is 0 Å². The molecule has 1 aromatic carbocycles. The van der Waals surface area contributed by atoms with Gasteiger partial charge >= 0.3 is 0 Å². The topological polar surface area (TPSA) is 43.4 Å². The van der Waals surface area contributed by atoms with Crippen LogP contribution in [0, 0.1) is 5.92 Å². The Morgan fingerprint density at radius 3 is 2.00 bits per heavy atom. The van der Waals surface area contributed by atoms with Crippen LogP contribution in [0.3, 0.4) is 0 Å². The number of rotatable bonds is 6. The minimum absolute atomic E-state index is 0.0835.